The van der Waals surface area contributed by atoms with Gasteiger partial charge in [0, 0.05) is 6.42 Å². The molecule has 2 aromatic rings. The Bertz CT molecular complexity index is 591. The molecule has 0 saturated carbocycles. The number of para-hydroxylation sites is 1. The zero-order valence-electron chi connectivity index (χ0n) is 15.0. The third-order valence-corrected chi connectivity index (χ3v) is 4.63. The summed E-state index contributed by atoms with van der Waals surface area (Å²) in [5.41, 5.74) is 1.40. The number of aryl methyl sites for hydroxylation is 1. The Labute approximate surface area is 151 Å². The highest BCUT2D eigenvalue weighted by Gasteiger charge is 2.10. The van der Waals surface area contributed by atoms with Crippen LogP contribution in [0.4, 0.5) is 0 Å². The molecule has 25 heavy (non-hydrogen) atoms. The zero-order valence-corrected chi connectivity index (χ0v) is 15.0. The minimum absolute atomic E-state index is 0.679. The highest BCUT2D eigenvalue weighted by Crippen LogP contribution is 2.15. The fourth-order valence-corrected chi connectivity index (χ4v) is 3.22. The Kier molecular flexibility index (Phi) is 7.19. The van der Waals surface area contributed by atoms with Crippen molar-refractivity contribution in [2.45, 2.75) is 32.1 Å². The molecule has 0 N–H and O–H groups in total. The van der Waals surface area contributed by atoms with Gasteiger partial charge in [0.1, 0.15) is 11.5 Å². The predicted octanol–water partition coefficient (Wildman–Crippen LogP) is 4.56. The van der Waals surface area contributed by atoms with E-state index in [1.54, 1.807) is 0 Å². The van der Waals surface area contributed by atoms with E-state index in [4.69, 9.17) is 9.47 Å². The van der Waals surface area contributed by atoms with Gasteiger partial charge in [-0.15, -0.1) is 0 Å². The number of nitrogens with zero attached hydrogens (tertiary/aromatic N) is 1. The smallest absolute Gasteiger partial charge is 0.119 e. The Hall–Kier alpha value is -2.00. The highest BCUT2D eigenvalue weighted by molar-refractivity contribution is 5.27. The number of likely N-dealkylation sites (tertiary alicyclic amines) is 1. The van der Waals surface area contributed by atoms with E-state index < -0.39 is 0 Å². The normalized spacial score (nSPS) is 14.6. The van der Waals surface area contributed by atoms with E-state index in [9.17, 15) is 0 Å². The number of rotatable bonds is 10. The SMILES string of the molecule is c1ccc(OCCCOc2ccc(CCCN3CCCC3)cc2)cc1. The van der Waals surface area contributed by atoms with Gasteiger partial charge < -0.3 is 14.4 Å². The standard InChI is InChI=1S/C22H29NO2/c1-2-9-21(10-3-1)24-18-7-19-25-22-13-11-20(12-14-22)8-6-17-23-15-4-5-16-23/h1-3,9-14H,4-8,15-19H2. The molecule has 3 rings (SSSR count). The van der Waals surface area contributed by atoms with Crippen LogP contribution in [0.15, 0.2) is 54.6 Å². The maximum Gasteiger partial charge on any atom is 0.119 e. The highest BCUT2D eigenvalue weighted by atomic mass is 16.5. The second-order valence-corrected chi connectivity index (χ2v) is 6.66. The van der Waals surface area contributed by atoms with Crippen LogP contribution in [0, 0.1) is 0 Å². The fourth-order valence-electron chi connectivity index (χ4n) is 3.22. The first-order valence-electron chi connectivity index (χ1n) is 9.52. The van der Waals surface area contributed by atoms with Gasteiger partial charge in [0.15, 0.2) is 0 Å². The largest absolute Gasteiger partial charge is 0.493 e. The molecule has 0 aliphatic carbocycles. The first kappa shape index (κ1) is 17.8. The molecule has 0 aromatic heterocycles. The second-order valence-electron chi connectivity index (χ2n) is 6.66. The first-order valence-corrected chi connectivity index (χ1v) is 9.52. The van der Waals surface area contributed by atoms with Gasteiger partial charge in [0.25, 0.3) is 0 Å². The molecule has 1 heterocycles. The van der Waals surface area contributed by atoms with Gasteiger partial charge in [-0.3, -0.25) is 0 Å². The van der Waals surface area contributed by atoms with E-state index in [-0.39, 0.29) is 0 Å². The maximum atomic E-state index is 5.80. The minimum Gasteiger partial charge on any atom is -0.493 e. The van der Waals surface area contributed by atoms with E-state index in [1.165, 1.54) is 44.5 Å². The molecule has 1 aliphatic heterocycles. The van der Waals surface area contributed by atoms with E-state index in [2.05, 4.69) is 29.2 Å². The van der Waals surface area contributed by atoms with Gasteiger partial charge in [-0.25, -0.2) is 0 Å². The molecule has 1 aliphatic rings. The van der Waals surface area contributed by atoms with Crippen molar-refractivity contribution in [1.82, 2.24) is 4.90 Å². The van der Waals surface area contributed by atoms with E-state index in [0.29, 0.717) is 13.2 Å². The molecule has 0 radical (unpaired) electrons. The molecule has 134 valence electrons. The molecule has 0 atom stereocenters. The van der Waals surface area contributed by atoms with Crippen LogP contribution >= 0.6 is 0 Å². The minimum atomic E-state index is 0.679. The Morgan fingerprint density at radius 3 is 2.04 bits per heavy atom. The van der Waals surface area contributed by atoms with Crippen molar-refractivity contribution in [2.24, 2.45) is 0 Å². The van der Waals surface area contributed by atoms with Gasteiger partial charge >= 0.3 is 0 Å². The summed E-state index contributed by atoms with van der Waals surface area (Å²) >= 11 is 0. The summed E-state index contributed by atoms with van der Waals surface area (Å²) in [6, 6.07) is 18.5. The maximum absolute atomic E-state index is 5.80. The average molecular weight is 339 g/mol. The molecule has 2 aromatic carbocycles. The van der Waals surface area contributed by atoms with Gasteiger partial charge in [-0.05, 0) is 75.1 Å². The molecular weight excluding hydrogens is 310 g/mol. The van der Waals surface area contributed by atoms with Crippen molar-refractivity contribution in [3.05, 3.63) is 60.2 Å². The third kappa shape index (κ3) is 6.43. The summed E-state index contributed by atoms with van der Waals surface area (Å²) in [6.45, 7) is 5.18. The summed E-state index contributed by atoms with van der Waals surface area (Å²) in [5, 5.41) is 0. The van der Waals surface area contributed by atoms with Crippen molar-refractivity contribution in [1.29, 1.82) is 0 Å². The average Bonchev–Trinajstić information content (AvgIpc) is 3.17. The predicted molar refractivity (Wildman–Crippen MR) is 102 cm³/mol. The molecule has 0 spiro atoms. The summed E-state index contributed by atoms with van der Waals surface area (Å²) in [6.07, 6.45) is 6.04. The molecule has 1 saturated heterocycles. The lowest BCUT2D eigenvalue weighted by atomic mass is 10.1. The van der Waals surface area contributed by atoms with Crippen LogP contribution in [0.25, 0.3) is 0 Å². The molecule has 3 nitrogen and oxygen atoms in total. The third-order valence-electron chi connectivity index (χ3n) is 4.63. The van der Waals surface area contributed by atoms with E-state index in [1.807, 2.05) is 30.3 Å². The van der Waals surface area contributed by atoms with E-state index >= 15 is 0 Å². The number of hydrogen-bond acceptors (Lipinski definition) is 3. The molecule has 1 fully saturated rings. The topological polar surface area (TPSA) is 21.7 Å². The van der Waals surface area contributed by atoms with Crippen LogP contribution in [0.2, 0.25) is 0 Å². The van der Waals surface area contributed by atoms with Crippen LogP contribution in [0.5, 0.6) is 11.5 Å². The summed E-state index contributed by atoms with van der Waals surface area (Å²) < 4.78 is 11.5. The molecule has 0 amide bonds. The van der Waals surface area contributed by atoms with Crippen molar-refractivity contribution in [3.8, 4) is 11.5 Å². The fraction of sp³-hybridized carbons (Fsp3) is 0.455. The summed E-state index contributed by atoms with van der Waals surface area (Å²) in [7, 11) is 0. The lowest BCUT2D eigenvalue weighted by Crippen LogP contribution is -2.20. The summed E-state index contributed by atoms with van der Waals surface area (Å²) in [4.78, 5) is 2.58. The van der Waals surface area contributed by atoms with Crippen molar-refractivity contribution >= 4 is 0 Å². The monoisotopic (exact) mass is 339 g/mol. The number of benzene rings is 2. The number of ether oxygens (including phenoxy) is 2. The first-order chi connectivity index (χ1) is 12.4. The molecule has 0 unspecified atom stereocenters. The van der Waals surface area contributed by atoms with Crippen LogP contribution in [0.1, 0.15) is 31.2 Å². The van der Waals surface area contributed by atoms with Crippen LogP contribution in [0.3, 0.4) is 0 Å². The van der Waals surface area contributed by atoms with Crippen molar-refractivity contribution in [3.63, 3.8) is 0 Å². The molecular formula is C22H29NO2. The van der Waals surface area contributed by atoms with Gasteiger partial charge in [0.2, 0.25) is 0 Å². The van der Waals surface area contributed by atoms with Gasteiger partial charge in [0.05, 0.1) is 13.2 Å². The van der Waals surface area contributed by atoms with Crippen molar-refractivity contribution < 1.29 is 9.47 Å². The summed E-state index contributed by atoms with van der Waals surface area (Å²) in [5.74, 6) is 1.86. The van der Waals surface area contributed by atoms with Gasteiger partial charge in [-0.2, -0.15) is 0 Å². The quantitative estimate of drug-likeness (QED) is 0.592. The van der Waals surface area contributed by atoms with Crippen LogP contribution < -0.4 is 9.47 Å². The zero-order chi connectivity index (χ0) is 17.2. The van der Waals surface area contributed by atoms with Gasteiger partial charge in [-0.1, -0.05) is 30.3 Å². The lowest BCUT2D eigenvalue weighted by molar-refractivity contribution is 0.247. The lowest BCUT2D eigenvalue weighted by Gasteiger charge is -2.14. The number of hydrogen-bond donors (Lipinski definition) is 0. The Morgan fingerprint density at radius 2 is 1.36 bits per heavy atom. The molecule has 0 bridgehead atoms. The van der Waals surface area contributed by atoms with Crippen molar-refractivity contribution in [2.75, 3.05) is 32.8 Å². The van der Waals surface area contributed by atoms with Crippen LogP contribution in [-0.4, -0.2) is 37.7 Å². The van der Waals surface area contributed by atoms with E-state index in [0.717, 1.165) is 24.3 Å². The Balaban J connectivity index is 1.28. The Morgan fingerprint density at radius 1 is 0.720 bits per heavy atom. The van der Waals surface area contributed by atoms with Crippen LogP contribution in [-0.2, 0) is 6.42 Å². The second kappa shape index (κ2) is 10.1. The molecule has 3 heteroatoms.